The summed E-state index contributed by atoms with van der Waals surface area (Å²) in [5.41, 5.74) is 9.59. The number of benzene rings is 2. The predicted molar refractivity (Wildman–Crippen MR) is 106 cm³/mol. The van der Waals surface area contributed by atoms with Gasteiger partial charge in [-0.25, -0.2) is 0 Å². The SMILES string of the molecule is Cc1ccc(N2CCN(c3cncc4ccc(C(N)=O)cc34)CC2)cc1. The summed E-state index contributed by atoms with van der Waals surface area (Å²) < 4.78 is 0. The van der Waals surface area contributed by atoms with Gasteiger partial charge in [-0.2, -0.15) is 0 Å². The summed E-state index contributed by atoms with van der Waals surface area (Å²) in [5, 5.41) is 2.05. The van der Waals surface area contributed by atoms with Gasteiger partial charge >= 0.3 is 0 Å². The molecule has 1 fully saturated rings. The molecule has 4 rings (SSSR count). The number of nitrogens with zero attached hydrogens (tertiary/aromatic N) is 3. The first-order chi connectivity index (χ1) is 12.6. The van der Waals surface area contributed by atoms with Crippen LogP contribution in [0.4, 0.5) is 11.4 Å². The van der Waals surface area contributed by atoms with Gasteiger partial charge in [0.2, 0.25) is 5.91 Å². The van der Waals surface area contributed by atoms with E-state index in [0.29, 0.717) is 5.56 Å². The Morgan fingerprint density at radius 2 is 1.65 bits per heavy atom. The number of aromatic nitrogens is 1. The number of aryl methyl sites for hydroxylation is 1. The van der Waals surface area contributed by atoms with Crippen molar-refractivity contribution in [1.29, 1.82) is 0 Å². The average molecular weight is 346 g/mol. The molecule has 0 unspecified atom stereocenters. The molecule has 2 N–H and O–H groups in total. The fourth-order valence-corrected chi connectivity index (χ4v) is 3.51. The van der Waals surface area contributed by atoms with E-state index in [4.69, 9.17) is 5.73 Å². The lowest BCUT2D eigenvalue weighted by Crippen LogP contribution is -2.46. The Morgan fingerprint density at radius 1 is 0.962 bits per heavy atom. The quantitative estimate of drug-likeness (QED) is 0.792. The van der Waals surface area contributed by atoms with E-state index >= 15 is 0 Å². The number of primary amides is 1. The molecule has 5 heteroatoms. The summed E-state index contributed by atoms with van der Waals surface area (Å²) in [5.74, 6) is -0.404. The van der Waals surface area contributed by atoms with E-state index in [1.807, 2.05) is 24.5 Å². The first-order valence-corrected chi connectivity index (χ1v) is 8.86. The van der Waals surface area contributed by atoms with Gasteiger partial charge in [0.1, 0.15) is 0 Å². The van der Waals surface area contributed by atoms with Gasteiger partial charge < -0.3 is 15.5 Å². The van der Waals surface area contributed by atoms with Crippen LogP contribution >= 0.6 is 0 Å². The van der Waals surface area contributed by atoms with E-state index in [2.05, 4.69) is 46.0 Å². The molecular weight excluding hydrogens is 324 g/mol. The van der Waals surface area contributed by atoms with Crippen molar-refractivity contribution in [2.24, 2.45) is 5.73 Å². The molecule has 1 aliphatic heterocycles. The third-order valence-electron chi connectivity index (χ3n) is 5.04. The van der Waals surface area contributed by atoms with E-state index in [1.165, 1.54) is 11.3 Å². The lowest BCUT2D eigenvalue weighted by molar-refractivity contribution is 0.100. The maximum atomic E-state index is 11.5. The minimum Gasteiger partial charge on any atom is -0.368 e. The number of anilines is 2. The Hall–Kier alpha value is -3.08. The lowest BCUT2D eigenvalue weighted by atomic mass is 10.1. The highest BCUT2D eigenvalue weighted by atomic mass is 16.1. The van der Waals surface area contributed by atoms with Crippen LogP contribution in [0.1, 0.15) is 15.9 Å². The zero-order chi connectivity index (χ0) is 18.1. The van der Waals surface area contributed by atoms with Crippen LogP contribution in [0.25, 0.3) is 10.8 Å². The molecule has 0 atom stereocenters. The number of rotatable bonds is 3. The minimum absolute atomic E-state index is 0.404. The Kier molecular flexibility index (Phi) is 4.21. The molecule has 0 aliphatic carbocycles. The monoisotopic (exact) mass is 346 g/mol. The molecule has 1 amide bonds. The molecule has 0 bridgehead atoms. The van der Waals surface area contributed by atoms with Gasteiger partial charge in [0.25, 0.3) is 0 Å². The molecule has 2 aromatic carbocycles. The highest BCUT2D eigenvalue weighted by Gasteiger charge is 2.19. The van der Waals surface area contributed by atoms with Crippen LogP contribution in [-0.2, 0) is 0 Å². The van der Waals surface area contributed by atoms with Crippen molar-refractivity contribution in [3.63, 3.8) is 0 Å². The van der Waals surface area contributed by atoms with Gasteiger partial charge in [0.05, 0.1) is 11.9 Å². The minimum atomic E-state index is -0.404. The number of nitrogens with two attached hydrogens (primary N) is 1. The molecular formula is C21H22N4O. The molecule has 132 valence electrons. The van der Waals surface area contributed by atoms with Crippen molar-refractivity contribution in [3.05, 3.63) is 66.0 Å². The topological polar surface area (TPSA) is 62.5 Å². The fourth-order valence-electron chi connectivity index (χ4n) is 3.51. The number of hydrogen-bond donors (Lipinski definition) is 1. The van der Waals surface area contributed by atoms with Gasteiger partial charge in [-0.15, -0.1) is 0 Å². The van der Waals surface area contributed by atoms with Crippen LogP contribution in [0.2, 0.25) is 0 Å². The van der Waals surface area contributed by atoms with E-state index in [0.717, 1.165) is 42.6 Å². The maximum absolute atomic E-state index is 11.5. The van der Waals surface area contributed by atoms with Gasteiger partial charge in [-0.1, -0.05) is 23.8 Å². The molecule has 1 aromatic heterocycles. The summed E-state index contributed by atoms with van der Waals surface area (Å²) in [6.45, 7) is 5.84. The van der Waals surface area contributed by atoms with E-state index in [1.54, 1.807) is 6.07 Å². The van der Waals surface area contributed by atoms with E-state index < -0.39 is 5.91 Å². The maximum Gasteiger partial charge on any atom is 0.248 e. The first kappa shape index (κ1) is 16.4. The van der Waals surface area contributed by atoms with Crippen LogP contribution < -0.4 is 15.5 Å². The molecule has 5 nitrogen and oxygen atoms in total. The predicted octanol–water partition coefficient (Wildman–Crippen LogP) is 2.97. The highest BCUT2D eigenvalue weighted by Crippen LogP contribution is 2.28. The van der Waals surface area contributed by atoms with Gasteiger partial charge in [-0.3, -0.25) is 9.78 Å². The van der Waals surface area contributed by atoms with Crippen molar-refractivity contribution in [2.45, 2.75) is 6.92 Å². The summed E-state index contributed by atoms with van der Waals surface area (Å²) in [6, 6.07) is 14.2. The van der Waals surface area contributed by atoms with Crippen LogP contribution in [-0.4, -0.2) is 37.1 Å². The van der Waals surface area contributed by atoms with Crippen molar-refractivity contribution in [2.75, 3.05) is 36.0 Å². The summed E-state index contributed by atoms with van der Waals surface area (Å²) in [4.78, 5) is 20.7. The number of carbonyl (C=O) groups excluding carboxylic acids is 1. The molecule has 0 radical (unpaired) electrons. The number of fused-ring (bicyclic) bond motifs is 1. The standard InChI is InChI=1S/C21H22N4O/c1-15-2-6-18(7-3-15)24-8-10-25(11-9-24)20-14-23-13-17-5-4-16(21(22)26)12-19(17)20/h2-7,12-14H,8-11H2,1H3,(H2,22,26). The van der Waals surface area contributed by atoms with Crippen LogP contribution in [0.3, 0.4) is 0 Å². The lowest BCUT2D eigenvalue weighted by Gasteiger charge is -2.37. The zero-order valence-corrected chi connectivity index (χ0v) is 14.9. The number of pyridine rings is 1. The third kappa shape index (κ3) is 3.08. The van der Waals surface area contributed by atoms with Crippen molar-refractivity contribution >= 4 is 28.1 Å². The largest absolute Gasteiger partial charge is 0.368 e. The van der Waals surface area contributed by atoms with Gasteiger partial charge in [0, 0.05) is 54.4 Å². The molecule has 26 heavy (non-hydrogen) atoms. The molecule has 1 aliphatic rings. The second-order valence-electron chi connectivity index (χ2n) is 6.77. The molecule has 1 saturated heterocycles. The Balaban J connectivity index is 1.58. The Morgan fingerprint density at radius 3 is 2.35 bits per heavy atom. The van der Waals surface area contributed by atoms with Crippen molar-refractivity contribution in [1.82, 2.24) is 4.98 Å². The highest BCUT2D eigenvalue weighted by molar-refractivity contribution is 6.01. The van der Waals surface area contributed by atoms with E-state index in [9.17, 15) is 4.79 Å². The number of piperazine rings is 1. The van der Waals surface area contributed by atoms with Gasteiger partial charge in [0.15, 0.2) is 0 Å². The number of carbonyl (C=O) groups is 1. The molecule has 2 heterocycles. The second-order valence-corrected chi connectivity index (χ2v) is 6.77. The van der Waals surface area contributed by atoms with Gasteiger partial charge in [-0.05, 0) is 31.2 Å². The second kappa shape index (κ2) is 6.67. The number of hydrogen-bond acceptors (Lipinski definition) is 4. The average Bonchev–Trinajstić information content (AvgIpc) is 2.68. The third-order valence-corrected chi connectivity index (χ3v) is 5.04. The zero-order valence-electron chi connectivity index (χ0n) is 14.9. The Labute approximate surface area is 153 Å². The normalized spacial score (nSPS) is 14.7. The first-order valence-electron chi connectivity index (χ1n) is 8.86. The van der Waals surface area contributed by atoms with Crippen molar-refractivity contribution in [3.8, 4) is 0 Å². The number of amides is 1. The van der Waals surface area contributed by atoms with Crippen LogP contribution in [0.15, 0.2) is 54.9 Å². The van der Waals surface area contributed by atoms with Crippen LogP contribution in [0, 0.1) is 6.92 Å². The fraction of sp³-hybridized carbons (Fsp3) is 0.238. The van der Waals surface area contributed by atoms with E-state index in [-0.39, 0.29) is 0 Å². The summed E-state index contributed by atoms with van der Waals surface area (Å²) >= 11 is 0. The van der Waals surface area contributed by atoms with Crippen molar-refractivity contribution < 1.29 is 4.79 Å². The molecule has 0 saturated carbocycles. The summed E-state index contributed by atoms with van der Waals surface area (Å²) in [6.07, 6.45) is 3.71. The molecule has 0 spiro atoms. The smallest absolute Gasteiger partial charge is 0.248 e. The molecule has 3 aromatic rings. The van der Waals surface area contributed by atoms with Crippen LogP contribution in [0.5, 0.6) is 0 Å². The Bertz CT molecular complexity index is 944. The summed E-state index contributed by atoms with van der Waals surface area (Å²) in [7, 11) is 0.